The molecule has 0 radical (unpaired) electrons. The number of benzene rings is 1. The van der Waals surface area contributed by atoms with Gasteiger partial charge in [-0.1, -0.05) is 48.6 Å². The van der Waals surface area contributed by atoms with E-state index in [1.807, 2.05) is 36.4 Å². The fourth-order valence-corrected chi connectivity index (χ4v) is 7.07. The van der Waals surface area contributed by atoms with Crippen molar-refractivity contribution in [3.05, 3.63) is 59.7 Å². The molecule has 0 aliphatic carbocycles. The predicted octanol–water partition coefficient (Wildman–Crippen LogP) is 2.34. The van der Waals surface area contributed by atoms with E-state index in [1.54, 1.807) is 0 Å². The third kappa shape index (κ3) is 1.10. The minimum absolute atomic E-state index is 0.0536. The van der Waals surface area contributed by atoms with E-state index in [0.29, 0.717) is 0 Å². The van der Waals surface area contributed by atoms with Gasteiger partial charge in [0.25, 0.3) is 0 Å². The van der Waals surface area contributed by atoms with Crippen LogP contribution < -0.4 is 0 Å². The minimum atomic E-state index is -3.12. The van der Waals surface area contributed by atoms with Crippen molar-refractivity contribution < 1.29 is 13.2 Å². The zero-order chi connectivity index (χ0) is 13.5. The van der Waals surface area contributed by atoms with Crippen molar-refractivity contribution in [1.82, 2.24) is 0 Å². The molecule has 6 atom stereocenters. The summed E-state index contributed by atoms with van der Waals surface area (Å²) in [4.78, 5) is 0. The standard InChI is InChI=1S/C16H14O3S/c17-20(18)11-7-3-4-8-12(20)14-13(11)15-9-5-1-2-6-10(9)16(14)19-15/h1-8,11-16H/t11-,12-,13-,14-,15+,16+/m0/s1. The maximum absolute atomic E-state index is 12.7. The van der Waals surface area contributed by atoms with Crippen molar-refractivity contribution in [2.75, 3.05) is 0 Å². The zero-order valence-corrected chi connectivity index (χ0v) is 11.5. The highest BCUT2D eigenvalue weighted by atomic mass is 32.2. The van der Waals surface area contributed by atoms with Crippen LogP contribution in [-0.4, -0.2) is 18.9 Å². The van der Waals surface area contributed by atoms with E-state index in [2.05, 4.69) is 12.1 Å². The van der Waals surface area contributed by atoms with Gasteiger partial charge in [-0.25, -0.2) is 8.42 Å². The second kappa shape index (κ2) is 3.43. The molecular weight excluding hydrogens is 272 g/mol. The fraction of sp³-hybridized carbons (Fsp3) is 0.375. The van der Waals surface area contributed by atoms with Gasteiger partial charge < -0.3 is 4.74 Å². The maximum atomic E-state index is 12.7. The number of ether oxygens (including phenoxy) is 1. The van der Waals surface area contributed by atoms with E-state index in [-0.39, 0.29) is 24.0 Å². The largest absolute Gasteiger partial charge is 0.365 e. The molecule has 0 saturated carbocycles. The topological polar surface area (TPSA) is 43.4 Å². The molecule has 4 aliphatic heterocycles. The van der Waals surface area contributed by atoms with Crippen molar-refractivity contribution in [3.63, 3.8) is 0 Å². The Labute approximate surface area is 117 Å². The van der Waals surface area contributed by atoms with Crippen LogP contribution in [0.15, 0.2) is 48.6 Å². The Morgan fingerprint density at radius 1 is 0.850 bits per heavy atom. The minimum Gasteiger partial charge on any atom is -0.365 e. The van der Waals surface area contributed by atoms with Gasteiger partial charge in [-0.15, -0.1) is 0 Å². The van der Waals surface area contributed by atoms with E-state index in [0.717, 1.165) is 0 Å². The van der Waals surface area contributed by atoms with Crippen molar-refractivity contribution in [2.24, 2.45) is 11.8 Å². The summed E-state index contributed by atoms with van der Waals surface area (Å²) in [6.45, 7) is 0. The molecule has 20 heavy (non-hydrogen) atoms. The third-order valence-electron chi connectivity index (χ3n) is 5.28. The van der Waals surface area contributed by atoms with Crippen LogP contribution in [-0.2, 0) is 14.6 Å². The molecule has 0 aromatic heterocycles. The van der Waals surface area contributed by atoms with Crippen molar-refractivity contribution in [1.29, 1.82) is 0 Å². The number of rotatable bonds is 0. The van der Waals surface area contributed by atoms with Crippen LogP contribution in [0, 0.1) is 11.8 Å². The maximum Gasteiger partial charge on any atom is 0.163 e. The zero-order valence-electron chi connectivity index (χ0n) is 10.7. The SMILES string of the molecule is O=S1(=O)[C@H]2C=CC=C[C@H]1[C@H]1[C@H]2[C@@H]2O[C@@H]1c1ccccc12. The first-order valence-corrected chi connectivity index (χ1v) is 8.62. The Balaban J connectivity index is 1.75. The molecule has 2 saturated heterocycles. The van der Waals surface area contributed by atoms with Gasteiger partial charge in [-0.2, -0.15) is 0 Å². The van der Waals surface area contributed by atoms with Gasteiger partial charge in [0.15, 0.2) is 9.84 Å². The van der Waals surface area contributed by atoms with Crippen LogP contribution in [0.3, 0.4) is 0 Å². The van der Waals surface area contributed by atoms with Crippen LogP contribution in [0.1, 0.15) is 23.3 Å². The highest BCUT2D eigenvalue weighted by molar-refractivity contribution is 7.93. The van der Waals surface area contributed by atoms with E-state index < -0.39 is 20.3 Å². The second-order valence-electron chi connectivity index (χ2n) is 6.05. The van der Waals surface area contributed by atoms with Gasteiger partial charge in [0.2, 0.25) is 0 Å². The summed E-state index contributed by atoms with van der Waals surface area (Å²) >= 11 is 0. The molecule has 2 fully saturated rings. The average molecular weight is 286 g/mol. The van der Waals surface area contributed by atoms with Crippen molar-refractivity contribution >= 4 is 9.84 Å². The monoisotopic (exact) mass is 286 g/mol. The lowest BCUT2D eigenvalue weighted by Crippen LogP contribution is -2.26. The van der Waals surface area contributed by atoms with Crippen LogP contribution in [0.25, 0.3) is 0 Å². The quantitative estimate of drug-likeness (QED) is 0.735. The number of fused-ring (bicyclic) bond motifs is 12. The normalized spacial score (nSPS) is 45.2. The molecule has 5 rings (SSSR count). The first kappa shape index (κ1) is 11.3. The molecule has 4 heterocycles. The average Bonchev–Trinajstić information content (AvgIpc) is 2.97. The lowest BCUT2D eigenvalue weighted by Gasteiger charge is -2.26. The Bertz CT molecular complexity index is 705. The molecule has 4 bridgehead atoms. The van der Waals surface area contributed by atoms with Crippen LogP contribution in [0.4, 0.5) is 0 Å². The molecule has 1 aromatic carbocycles. The van der Waals surface area contributed by atoms with Gasteiger partial charge >= 0.3 is 0 Å². The first-order chi connectivity index (χ1) is 9.69. The van der Waals surface area contributed by atoms with Gasteiger partial charge in [0.1, 0.15) is 0 Å². The Kier molecular flexibility index (Phi) is 1.94. The summed E-state index contributed by atoms with van der Waals surface area (Å²) in [7, 11) is -3.12. The number of allylic oxidation sites excluding steroid dienone is 2. The predicted molar refractivity (Wildman–Crippen MR) is 74.8 cm³/mol. The summed E-state index contributed by atoms with van der Waals surface area (Å²) in [5.41, 5.74) is 2.38. The highest BCUT2D eigenvalue weighted by Crippen LogP contribution is 2.64. The fourth-order valence-electron chi connectivity index (χ4n) is 4.56. The summed E-state index contributed by atoms with van der Waals surface area (Å²) in [6, 6.07) is 8.18. The van der Waals surface area contributed by atoms with Crippen LogP contribution in [0.2, 0.25) is 0 Å². The van der Waals surface area contributed by atoms with E-state index in [1.165, 1.54) is 11.1 Å². The van der Waals surface area contributed by atoms with Gasteiger partial charge in [-0.05, 0) is 11.1 Å². The molecule has 4 aliphatic rings. The molecular formula is C16H14O3S. The van der Waals surface area contributed by atoms with Crippen LogP contribution in [0.5, 0.6) is 0 Å². The third-order valence-corrected chi connectivity index (χ3v) is 7.74. The van der Waals surface area contributed by atoms with Crippen molar-refractivity contribution in [3.8, 4) is 0 Å². The van der Waals surface area contributed by atoms with Gasteiger partial charge in [0, 0.05) is 11.8 Å². The molecule has 4 heteroatoms. The van der Waals surface area contributed by atoms with E-state index >= 15 is 0 Å². The van der Waals surface area contributed by atoms with Gasteiger partial charge in [0.05, 0.1) is 22.7 Å². The molecule has 1 aromatic rings. The van der Waals surface area contributed by atoms with E-state index in [9.17, 15) is 8.42 Å². The molecule has 0 amide bonds. The molecule has 0 unspecified atom stereocenters. The molecule has 102 valence electrons. The smallest absolute Gasteiger partial charge is 0.163 e. The lowest BCUT2D eigenvalue weighted by atomic mass is 9.72. The van der Waals surface area contributed by atoms with Crippen LogP contribution >= 0.6 is 0 Å². The summed E-state index contributed by atoms with van der Waals surface area (Å²) in [6.07, 6.45) is 7.34. The lowest BCUT2D eigenvalue weighted by molar-refractivity contribution is 0.0533. The first-order valence-electron chi connectivity index (χ1n) is 7.01. The second-order valence-corrected chi connectivity index (χ2v) is 8.32. The summed E-state index contributed by atoms with van der Waals surface area (Å²) in [5, 5.41) is -0.785. The summed E-state index contributed by atoms with van der Waals surface area (Å²) in [5.74, 6) is 0.150. The Hall–Kier alpha value is -1.39. The number of hydrogen-bond donors (Lipinski definition) is 0. The van der Waals surface area contributed by atoms with Crippen molar-refractivity contribution in [2.45, 2.75) is 22.7 Å². The highest BCUT2D eigenvalue weighted by Gasteiger charge is 2.66. The van der Waals surface area contributed by atoms with Gasteiger partial charge in [-0.3, -0.25) is 0 Å². The van der Waals surface area contributed by atoms with E-state index in [4.69, 9.17) is 4.74 Å². The number of hydrogen-bond acceptors (Lipinski definition) is 3. The Morgan fingerprint density at radius 2 is 1.35 bits per heavy atom. The molecule has 0 N–H and O–H groups in total. The molecule has 0 spiro atoms. The molecule has 3 nitrogen and oxygen atoms in total. The Morgan fingerprint density at radius 3 is 1.85 bits per heavy atom. The summed E-state index contributed by atoms with van der Waals surface area (Å²) < 4.78 is 31.6. The number of sulfone groups is 1.